The largest absolute Gasteiger partial charge is 0.486 e. The lowest BCUT2D eigenvalue weighted by Crippen LogP contribution is -2.34. The first-order valence-electron chi connectivity index (χ1n) is 12.7. The molecule has 0 fully saturated rings. The van der Waals surface area contributed by atoms with E-state index in [1.54, 1.807) is 42.3 Å². The molecule has 9 nitrogen and oxygen atoms in total. The van der Waals surface area contributed by atoms with Gasteiger partial charge in [-0.1, -0.05) is 17.7 Å². The van der Waals surface area contributed by atoms with Gasteiger partial charge in [-0.05, 0) is 51.1 Å². The number of rotatable bonds is 9. The van der Waals surface area contributed by atoms with Gasteiger partial charge in [0.05, 0.1) is 28.8 Å². The fourth-order valence-corrected chi connectivity index (χ4v) is 5.67. The van der Waals surface area contributed by atoms with Crippen molar-refractivity contribution in [2.45, 2.75) is 39.5 Å². The van der Waals surface area contributed by atoms with Gasteiger partial charge >= 0.3 is 0 Å². The van der Waals surface area contributed by atoms with Gasteiger partial charge in [0.2, 0.25) is 5.91 Å². The van der Waals surface area contributed by atoms with Crippen molar-refractivity contribution in [1.82, 2.24) is 29.7 Å². The van der Waals surface area contributed by atoms with Crippen molar-refractivity contribution in [2.75, 3.05) is 25.5 Å². The molecule has 11 heteroatoms. The normalized spacial score (nSPS) is 13.4. The van der Waals surface area contributed by atoms with Crippen molar-refractivity contribution in [3.8, 4) is 5.75 Å². The number of halogens is 1. The molecule has 0 bridgehead atoms. The van der Waals surface area contributed by atoms with Crippen molar-refractivity contribution in [3.05, 3.63) is 76.4 Å². The maximum absolute atomic E-state index is 12.8. The molecule has 0 saturated heterocycles. The van der Waals surface area contributed by atoms with Gasteiger partial charge in [0, 0.05) is 48.2 Å². The topological polar surface area (TPSA) is 96.4 Å². The minimum absolute atomic E-state index is 0.0379. The van der Waals surface area contributed by atoms with Crippen molar-refractivity contribution in [3.63, 3.8) is 0 Å². The summed E-state index contributed by atoms with van der Waals surface area (Å²) >= 11 is 8.13. The highest BCUT2D eigenvalue weighted by atomic mass is 35.5. The lowest BCUT2D eigenvalue weighted by atomic mass is 10.0. The van der Waals surface area contributed by atoms with Crippen LogP contribution >= 0.6 is 22.9 Å². The molecule has 0 unspecified atom stereocenters. The van der Waals surface area contributed by atoms with E-state index < -0.39 is 0 Å². The Kier molecular flexibility index (Phi) is 8.35. The van der Waals surface area contributed by atoms with Crippen molar-refractivity contribution >= 4 is 50.6 Å². The number of carbonyl (C=O) groups excluding carboxylic acids is 1. The molecule has 5 rings (SSSR count). The zero-order chi connectivity index (χ0) is 27.4. The van der Waals surface area contributed by atoms with E-state index in [4.69, 9.17) is 16.3 Å². The summed E-state index contributed by atoms with van der Waals surface area (Å²) in [5, 5.41) is 4.88. The highest BCUT2D eigenvalue weighted by molar-refractivity contribution is 7.19. The van der Waals surface area contributed by atoms with Crippen LogP contribution in [-0.4, -0.2) is 61.8 Å². The van der Waals surface area contributed by atoms with Crippen molar-refractivity contribution in [1.29, 1.82) is 0 Å². The van der Waals surface area contributed by atoms with Gasteiger partial charge in [-0.25, -0.2) is 9.97 Å². The van der Waals surface area contributed by atoms with Crippen LogP contribution in [0.5, 0.6) is 5.75 Å². The minimum Gasteiger partial charge on any atom is -0.486 e. The molecular weight excluding hydrogens is 534 g/mol. The number of hydrogen-bond acceptors (Lipinski definition) is 9. The van der Waals surface area contributed by atoms with Gasteiger partial charge in [0.1, 0.15) is 29.3 Å². The average molecular weight is 564 g/mol. The maximum Gasteiger partial charge on any atom is 0.246 e. The summed E-state index contributed by atoms with van der Waals surface area (Å²) in [6, 6.07) is 5.96. The van der Waals surface area contributed by atoms with E-state index in [1.807, 2.05) is 36.2 Å². The van der Waals surface area contributed by atoms with E-state index in [-0.39, 0.29) is 12.5 Å². The minimum atomic E-state index is 0.0379. The van der Waals surface area contributed by atoms with Crippen LogP contribution in [0.1, 0.15) is 30.0 Å². The maximum atomic E-state index is 12.8. The third-order valence-corrected chi connectivity index (χ3v) is 8.09. The first kappa shape index (κ1) is 27.0. The van der Waals surface area contributed by atoms with E-state index >= 15 is 0 Å². The molecule has 4 aromatic rings. The Morgan fingerprint density at radius 3 is 2.92 bits per heavy atom. The van der Waals surface area contributed by atoms with Gasteiger partial charge in [-0.2, -0.15) is 0 Å². The molecule has 202 valence electrons. The summed E-state index contributed by atoms with van der Waals surface area (Å²) in [5.74, 6) is 1.32. The number of likely N-dealkylation sites (N-methyl/N-ethyl adjacent to an activating group) is 1. The summed E-state index contributed by atoms with van der Waals surface area (Å²) in [5.41, 5.74) is 2.70. The number of thiophene rings is 1. The van der Waals surface area contributed by atoms with Crippen LogP contribution in [0.4, 0.5) is 11.5 Å². The second kappa shape index (κ2) is 12.1. The zero-order valence-electron chi connectivity index (χ0n) is 22.1. The van der Waals surface area contributed by atoms with E-state index in [0.29, 0.717) is 29.9 Å². The number of amides is 1. The van der Waals surface area contributed by atoms with Crippen LogP contribution in [-0.2, 0) is 24.4 Å². The lowest BCUT2D eigenvalue weighted by molar-refractivity contribution is -0.126. The lowest BCUT2D eigenvalue weighted by Gasteiger charge is -2.26. The van der Waals surface area contributed by atoms with E-state index in [2.05, 4.69) is 44.0 Å². The molecule has 3 aromatic heterocycles. The Labute approximate surface area is 236 Å². The summed E-state index contributed by atoms with van der Waals surface area (Å²) in [6.07, 6.45) is 10.8. The number of anilines is 2. The molecule has 1 aliphatic heterocycles. The van der Waals surface area contributed by atoms with Crippen LogP contribution < -0.4 is 10.1 Å². The molecule has 39 heavy (non-hydrogen) atoms. The number of aromatic nitrogens is 4. The quantitative estimate of drug-likeness (QED) is 0.276. The van der Waals surface area contributed by atoms with Crippen LogP contribution in [0.2, 0.25) is 5.02 Å². The third-order valence-electron chi connectivity index (χ3n) is 6.67. The molecule has 4 heterocycles. The highest BCUT2D eigenvalue weighted by Crippen LogP contribution is 2.38. The molecule has 0 saturated carbocycles. The molecular formula is C28H30ClN7O2S. The Morgan fingerprint density at radius 2 is 2.15 bits per heavy atom. The number of nitrogens with one attached hydrogen (secondary N) is 1. The number of hydrogen-bond donors (Lipinski definition) is 1. The van der Waals surface area contributed by atoms with Crippen molar-refractivity contribution < 1.29 is 9.53 Å². The van der Waals surface area contributed by atoms with E-state index in [1.165, 1.54) is 5.56 Å². The molecule has 0 aliphatic carbocycles. The molecule has 1 N–H and O–H groups in total. The monoisotopic (exact) mass is 563 g/mol. The molecule has 1 amide bonds. The fraction of sp³-hybridized carbons (Fsp3) is 0.321. The van der Waals surface area contributed by atoms with E-state index in [9.17, 15) is 4.79 Å². The number of benzene rings is 1. The smallest absolute Gasteiger partial charge is 0.246 e. The van der Waals surface area contributed by atoms with Crippen molar-refractivity contribution in [2.24, 2.45) is 0 Å². The number of ether oxygens (including phenoxy) is 1. The Hall–Kier alpha value is -3.60. The van der Waals surface area contributed by atoms with Crippen LogP contribution in [0.15, 0.2) is 55.3 Å². The highest BCUT2D eigenvalue weighted by Gasteiger charge is 2.25. The van der Waals surface area contributed by atoms with Gasteiger partial charge in [0.25, 0.3) is 0 Å². The van der Waals surface area contributed by atoms with Crippen LogP contribution in [0, 0.1) is 0 Å². The molecule has 1 aliphatic rings. The van der Waals surface area contributed by atoms with Gasteiger partial charge in [0.15, 0.2) is 0 Å². The predicted octanol–water partition coefficient (Wildman–Crippen LogP) is 5.24. The fourth-order valence-electron chi connectivity index (χ4n) is 4.24. The van der Waals surface area contributed by atoms with Crippen LogP contribution in [0.3, 0.4) is 0 Å². The second-order valence-electron chi connectivity index (χ2n) is 9.61. The Bertz CT molecular complexity index is 1490. The molecule has 0 atom stereocenters. The Morgan fingerprint density at radius 1 is 1.28 bits per heavy atom. The first-order valence-corrected chi connectivity index (χ1v) is 13.9. The third kappa shape index (κ3) is 6.35. The summed E-state index contributed by atoms with van der Waals surface area (Å²) in [7, 11) is 2.05. The second-order valence-corrected chi connectivity index (χ2v) is 11.1. The van der Waals surface area contributed by atoms with Gasteiger partial charge in [-0.15, -0.1) is 11.3 Å². The molecule has 1 aromatic carbocycles. The summed E-state index contributed by atoms with van der Waals surface area (Å²) in [4.78, 5) is 36.3. The SMILES string of the molecule is CC(C)N(C)CC=CC(=O)N1CCc2c(sc3ncnc(Nc4ccc(OCc5cnccn5)c(Cl)c4)c23)C1. The number of carbonyl (C=O) groups is 1. The molecule has 0 radical (unpaired) electrons. The zero-order valence-corrected chi connectivity index (χ0v) is 23.7. The first-order chi connectivity index (χ1) is 18.9. The molecule has 0 spiro atoms. The predicted molar refractivity (Wildman–Crippen MR) is 155 cm³/mol. The summed E-state index contributed by atoms with van der Waals surface area (Å²) in [6.45, 7) is 6.52. The Balaban J connectivity index is 1.29. The van der Waals surface area contributed by atoms with E-state index in [0.717, 1.165) is 45.3 Å². The average Bonchev–Trinajstić information content (AvgIpc) is 3.32. The van der Waals surface area contributed by atoms with Crippen LogP contribution in [0.25, 0.3) is 10.2 Å². The summed E-state index contributed by atoms with van der Waals surface area (Å²) < 4.78 is 5.81. The van der Waals surface area contributed by atoms with Gasteiger partial charge < -0.3 is 19.9 Å². The van der Waals surface area contributed by atoms with Gasteiger partial charge in [-0.3, -0.25) is 14.8 Å². The number of nitrogens with zero attached hydrogens (tertiary/aromatic N) is 6. The standard InChI is InChI=1S/C28H30ClN7O2S/c1-18(2)35(3)11-4-5-25(37)36-12-8-21-24(15-36)39-28-26(21)27(32-17-33-28)34-19-6-7-23(22(29)13-19)38-16-20-14-30-9-10-31-20/h4-7,9-10,13-14,17-18H,8,11-12,15-16H2,1-3H3,(H,32,33,34). The number of fused-ring (bicyclic) bond motifs is 3.